The van der Waals surface area contributed by atoms with Crippen molar-refractivity contribution in [3.8, 4) is 0 Å². The lowest BCUT2D eigenvalue weighted by molar-refractivity contribution is -0.114. The van der Waals surface area contributed by atoms with E-state index in [2.05, 4.69) is 5.32 Å². The maximum atomic E-state index is 12.8. The molecule has 1 heterocycles. The predicted molar refractivity (Wildman–Crippen MR) is 124 cm³/mol. The largest absolute Gasteiger partial charge is 0.462 e. The molecule has 1 aromatic heterocycles. The lowest BCUT2D eigenvalue weighted by Gasteiger charge is -2.22. The quantitative estimate of drug-likeness (QED) is 0.559. The molecule has 11 heteroatoms. The standard InChI is InChI=1S/C20H22Cl2N2O5S2/c1-3-29-20(26)18-13-6-4-5-7-16(13)30-19(18)23-17(25)11-24(31(2,27)28)12-8-9-14(21)15(22)10-12/h8-10H,3-7,11H2,1-2H3,(H,23,25). The summed E-state index contributed by atoms with van der Waals surface area (Å²) in [4.78, 5) is 26.4. The Morgan fingerprint density at radius 1 is 1.19 bits per heavy atom. The Hall–Kier alpha value is -1.81. The van der Waals surface area contributed by atoms with Crippen molar-refractivity contribution in [2.45, 2.75) is 32.6 Å². The van der Waals surface area contributed by atoms with Gasteiger partial charge in [0.1, 0.15) is 11.5 Å². The Morgan fingerprint density at radius 3 is 2.55 bits per heavy atom. The molecule has 2 aromatic rings. The number of rotatable bonds is 7. The van der Waals surface area contributed by atoms with E-state index in [1.165, 1.54) is 29.5 Å². The first-order chi connectivity index (χ1) is 14.6. The molecule has 0 fully saturated rings. The van der Waals surface area contributed by atoms with Gasteiger partial charge in [0.25, 0.3) is 0 Å². The second kappa shape index (κ2) is 9.77. The summed E-state index contributed by atoms with van der Waals surface area (Å²) in [5.41, 5.74) is 1.49. The number of fused-ring (bicyclic) bond motifs is 1. The van der Waals surface area contributed by atoms with E-state index in [-0.39, 0.29) is 22.3 Å². The highest BCUT2D eigenvalue weighted by molar-refractivity contribution is 7.92. The van der Waals surface area contributed by atoms with Crippen molar-refractivity contribution in [2.24, 2.45) is 0 Å². The fourth-order valence-electron chi connectivity index (χ4n) is 3.41. The van der Waals surface area contributed by atoms with Gasteiger partial charge in [0.2, 0.25) is 15.9 Å². The van der Waals surface area contributed by atoms with Crippen LogP contribution in [0.1, 0.15) is 40.6 Å². The smallest absolute Gasteiger partial charge is 0.341 e. The van der Waals surface area contributed by atoms with Crippen LogP contribution in [0.3, 0.4) is 0 Å². The lowest BCUT2D eigenvalue weighted by atomic mass is 9.95. The molecule has 1 N–H and O–H groups in total. The van der Waals surface area contributed by atoms with Crippen LogP contribution in [0, 0.1) is 0 Å². The monoisotopic (exact) mass is 504 g/mol. The normalized spacial score (nSPS) is 13.4. The molecule has 1 aliphatic rings. The highest BCUT2D eigenvalue weighted by Crippen LogP contribution is 2.38. The SMILES string of the molecule is CCOC(=O)c1c(NC(=O)CN(c2ccc(Cl)c(Cl)c2)S(C)(=O)=O)sc2c1CCCC2. The summed E-state index contributed by atoms with van der Waals surface area (Å²) < 4.78 is 30.8. The van der Waals surface area contributed by atoms with E-state index in [0.29, 0.717) is 10.6 Å². The molecular weight excluding hydrogens is 483 g/mol. The Bertz CT molecular complexity index is 1120. The molecule has 0 bridgehead atoms. The van der Waals surface area contributed by atoms with Crippen molar-refractivity contribution in [1.82, 2.24) is 0 Å². The Kier molecular flexibility index (Phi) is 7.51. The summed E-state index contributed by atoms with van der Waals surface area (Å²) in [6.07, 6.45) is 4.55. The number of esters is 1. The minimum Gasteiger partial charge on any atom is -0.462 e. The minimum atomic E-state index is -3.79. The highest BCUT2D eigenvalue weighted by Gasteiger charge is 2.28. The molecule has 168 valence electrons. The number of aryl methyl sites for hydroxylation is 1. The maximum Gasteiger partial charge on any atom is 0.341 e. The van der Waals surface area contributed by atoms with Crippen LogP contribution in [0.2, 0.25) is 10.0 Å². The van der Waals surface area contributed by atoms with Gasteiger partial charge in [0.15, 0.2) is 0 Å². The second-order valence-corrected chi connectivity index (χ2v) is 10.9. The number of carbonyl (C=O) groups is 2. The number of benzene rings is 1. The molecular formula is C20H22Cl2N2O5S2. The van der Waals surface area contributed by atoms with Crippen molar-refractivity contribution in [2.75, 3.05) is 29.0 Å². The van der Waals surface area contributed by atoms with E-state index in [9.17, 15) is 18.0 Å². The number of halogens is 2. The fourth-order valence-corrected chi connectivity index (χ4v) is 5.84. The zero-order chi connectivity index (χ0) is 22.8. The first kappa shape index (κ1) is 23.8. The number of thiophene rings is 1. The number of anilines is 2. The summed E-state index contributed by atoms with van der Waals surface area (Å²) in [6, 6.07) is 4.31. The van der Waals surface area contributed by atoms with Crippen LogP contribution >= 0.6 is 34.5 Å². The van der Waals surface area contributed by atoms with Gasteiger partial charge in [-0.15, -0.1) is 11.3 Å². The summed E-state index contributed by atoms with van der Waals surface area (Å²) in [6.45, 7) is 1.45. The fraction of sp³-hybridized carbons (Fsp3) is 0.400. The van der Waals surface area contributed by atoms with Gasteiger partial charge in [-0.25, -0.2) is 13.2 Å². The molecule has 1 aromatic carbocycles. The van der Waals surface area contributed by atoms with E-state index >= 15 is 0 Å². The van der Waals surface area contributed by atoms with E-state index in [4.69, 9.17) is 27.9 Å². The third-order valence-electron chi connectivity index (χ3n) is 4.78. The number of amides is 1. The molecule has 0 atom stereocenters. The van der Waals surface area contributed by atoms with Gasteiger partial charge in [-0.3, -0.25) is 9.10 Å². The Morgan fingerprint density at radius 2 is 1.90 bits per heavy atom. The van der Waals surface area contributed by atoms with Gasteiger partial charge in [0.05, 0.1) is 34.2 Å². The number of nitrogens with zero attached hydrogens (tertiary/aromatic N) is 1. The molecule has 0 radical (unpaired) electrons. The van der Waals surface area contributed by atoms with Crippen molar-refractivity contribution in [3.63, 3.8) is 0 Å². The number of carbonyl (C=O) groups excluding carboxylic acids is 2. The van der Waals surface area contributed by atoms with Crippen molar-refractivity contribution >= 4 is 67.1 Å². The number of ether oxygens (including phenoxy) is 1. The third-order valence-corrected chi connectivity index (χ3v) is 7.87. The van der Waals surface area contributed by atoms with Crippen LogP contribution < -0.4 is 9.62 Å². The van der Waals surface area contributed by atoms with Crippen molar-refractivity contribution < 1.29 is 22.7 Å². The summed E-state index contributed by atoms with van der Waals surface area (Å²) in [5, 5.41) is 3.55. The summed E-state index contributed by atoms with van der Waals surface area (Å²) in [5.74, 6) is -1.07. The van der Waals surface area contributed by atoms with Gasteiger partial charge in [-0.2, -0.15) is 0 Å². The van der Waals surface area contributed by atoms with Gasteiger partial charge in [0, 0.05) is 4.88 Å². The number of hydrogen-bond donors (Lipinski definition) is 1. The predicted octanol–water partition coefficient (Wildman–Crippen LogP) is 4.52. The highest BCUT2D eigenvalue weighted by atomic mass is 35.5. The second-order valence-electron chi connectivity index (χ2n) is 7.05. The van der Waals surface area contributed by atoms with Crippen molar-refractivity contribution in [3.05, 3.63) is 44.2 Å². The topological polar surface area (TPSA) is 92.8 Å². The first-order valence-electron chi connectivity index (χ1n) is 9.66. The van der Waals surface area contributed by atoms with Crippen molar-refractivity contribution in [1.29, 1.82) is 0 Å². The van der Waals surface area contributed by atoms with E-state index in [1.54, 1.807) is 6.92 Å². The van der Waals surface area contributed by atoms with Crippen LogP contribution in [0.5, 0.6) is 0 Å². The number of nitrogens with one attached hydrogen (secondary N) is 1. The molecule has 0 aliphatic heterocycles. The molecule has 1 amide bonds. The summed E-state index contributed by atoms with van der Waals surface area (Å²) >= 11 is 13.3. The number of sulfonamides is 1. The average Bonchev–Trinajstić information content (AvgIpc) is 3.05. The van der Waals surface area contributed by atoms with Crippen LogP contribution in [0.4, 0.5) is 10.7 Å². The molecule has 0 unspecified atom stereocenters. The van der Waals surface area contributed by atoms with Crippen LogP contribution in [0.25, 0.3) is 0 Å². The number of hydrogen-bond acceptors (Lipinski definition) is 6. The van der Waals surface area contributed by atoms with Gasteiger partial charge < -0.3 is 10.1 Å². The molecule has 0 saturated carbocycles. The molecule has 7 nitrogen and oxygen atoms in total. The summed E-state index contributed by atoms with van der Waals surface area (Å²) in [7, 11) is -3.79. The van der Waals surface area contributed by atoms with Crippen LogP contribution in [-0.2, 0) is 32.4 Å². The molecule has 31 heavy (non-hydrogen) atoms. The zero-order valence-corrected chi connectivity index (χ0v) is 20.2. The average molecular weight is 505 g/mol. The minimum absolute atomic E-state index is 0.170. The van der Waals surface area contributed by atoms with Gasteiger partial charge in [-0.05, 0) is 56.4 Å². The maximum absolute atomic E-state index is 12.8. The zero-order valence-electron chi connectivity index (χ0n) is 17.0. The third kappa shape index (κ3) is 5.52. The lowest BCUT2D eigenvalue weighted by Crippen LogP contribution is -2.37. The van der Waals surface area contributed by atoms with Gasteiger partial charge in [-0.1, -0.05) is 23.2 Å². The van der Waals surface area contributed by atoms with Crippen LogP contribution in [0.15, 0.2) is 18.2 Å². The molecule has 3 rings (SSSR count). The first-order valence-corrected chi connectivity index (χ1v) is 13.1. The van der Waals surface area contributed by atoms with E-state index in [0.717, 1.165) is 46.7 Å². The van der Waals surface area contributed by atoms with Crippen LogP contribution in [-0.4, -0.2) is 39.7 Å². The van der Waals surface area contributed by atoms with E-state index in [1.807, 2.05) is 0 Å². The molecule has 0 saturated heterocycles. The molecule has 1 aliphatic carbocycles. The molecule has 0 spiro atoms. The van der Waals surface area contributed by atoms with Gasteiger partial charge >= 0.3 is 5.97 Å². The Balaban J connectivity index is 1.88. The van der Waals surface area contributed by atoms with E-state index < -0.39 is 28.4 Å². The Labute approximate surface area is 195 Å².